The maximum atomic E-state index is 4.58. The lowest BCUT2D eigenvalue weighted by Crippen LogP contribution is -2.42. The summed E-state index contributed by atoms with van der Waals surface area (Å²) in [4.78, 5) is 4.58. The fourth-order valence-electron chi connectivity index (χ4n) is 2.28. The smallest absolute Gasteiger partial charge is 0.203 e. The quantitative estimate of drug-likeness (QED) is 0.846. The zero-order valence-corrected chi connectivity index (χ0v) is 10.9. The standard InChI is InChI=1S/C13H23N3/c1-10(2)8-16-9-11(3)14-12(16)15-13(4)6-5-7-13/h9-10H,5-8H2,1-4H3,(H,14,15). The van der Waals surface area contributed by atoms with Crippen LogP contribution in [0.5, 0.6) is 0 Å². The Morgan fingerprint density at radius 2 is 2.19 bits per heavy atom. The second kappa shape index (κ2) is 4.11. The van der Waals surface area contributed by atoms with Crippen LogP contribution in [0, 0.1) is 12.8 Å². The van der Waals surface area contributed by atoms with Crippen molar-refractivity contribution < 1.29 is 0 Å². The number of rotatable bonds is 4. The number of hydrogen-bond acceptors (Lipinski definition) is 2. The number of aryl methyl sites for hydroxylation is 1. The summed E-state index contributed by atoms with van der Waals surface area (Å²) in [7, 11) is 0. The van der Waals surface area contributed by atoms with Gasteiger partial charge < -0.3 is 9.88 Å². The van der Waals surface area contributed by atoms with Crippen molar-refractivity contribution >= 4 is 5.95 Å². The Morgan fingerprint density at radius 3 is 2.69 bits per heavy atom. The number of anilines is 1. The molecule has 1 aromatic rings. The largest absolute Gasteiger partial charge is 0.350 e. The first kappa shape index (κ1) is 11.5. The van der Waals surface area contributed by atoms with E-state index < -0.39 is 0 Å². The van der Waals surface area contributed by atoms with E-state index in [1.165, 1.54) is 19.3 Å². The van der Waals surface area contributed by atoms with Gasteiger partial charge in [-0.2, -0.15) is 0 Å². The van der Waals surface area contributed by atoms with Gasteiger partial charge >= 0.3 is 0 Å². The van der Waals surface area contributed by atoms with Gasteiger partial charge in [-0.3, -0.25) is 0 Å². The first-order chi connectivity index (χ1) is 7.48. The lowest BCUT2D eigenvalue weighted by Gasteiger charge is -2.39. The van der Waals surface area contributed by atoms with Gasteiger partial charge in [0.15, 0.2) is 0 Å². The molecule has 0 unspecified atom stereocenters. The van der Waals surface area contributed by atoms with Gasteiger partial charge in [-0.15, -0.1) is 0 Å². The highest BCUT2D eigenvalue weighted by Gasteiger charge is 2.32. The summed E-state index contributed by atoms with van der Waals surface area (Å²) in [6.45, 7) is 9.87. The Bertz CT molecular complexity index is 361. The predicted molar refractivity (Wildman–Crippen MR) is 67.7 cm³/mol. The average Bonchev–Trinajstić information content (AvgIpc) is 2.42. The molecule has 0 atom stereocenters. The summed E-state index contributed by atoms with van der Waals surface area (Å²) in [5.74, 6) is 1.71. The highest BCUT2D eigenvalue weighted by molar-refractivity contribution is 5.33. The molecule has 0 bridgehead atoms. The van der Waals surface area contributed by atoms with E-state index in [1.807, 2.05) is 0 Å². The molecule has 1 fully saturated rings. The van der Waals surface area contributed by atoms with Gasteiger partial charge in [0.2, 0.25) is 5.95 Å². The molecular weight excluding hydrogens is 198 g/mol. The number of nitrogens with zero attached hydrogens (tertiary/aromatic N) is 2. The molecule has 1 aromatic heterocycles. The molecule has 1 aliphatic carbocycles. The van der Waals surface area contributed by atoms with Gasteiger partial charge in [0.25, 0.3) is 0 Å². The topological polar surface area (TPSA) is 29.9 Å². The van der Waals surface area contributed by atoms with E-state index >= 15 is 0 Å². The highest BCUT2D eigenvalue weighted by atomic mass is 15.2. The molecule has 0 radical (unpaired) electrons. The summed E-state index contributed by atoms with van der Waals surface area (Å²) >= 11 is 0. The second-order valence-corrected chi connectivity index (χ2v) is 5.79. The Balaban J connectivity index is 2.12. The van der Waals surface area contributed by atoms with E-state index in [1.54, 1.807) is 0 Å². The van der Waals surface area contributed by atoms with Crippen molar-refractivity contribution in [2.45, 2.75) is 59.0 Å². The van der Waals surface area contributed by atoms with Crippen LogP contribution < -0.4 is 5.32 Å². The molecule has 3 heteroatoms. The van der Waals surface area contributed by atoms with Crippen LogP contribution >= 0.6 is 0 Å². The van der Waals surface area contributed by atoms with Crippen molar-refractivity contribution in [2.75, 3.05) is 5.32 Å². The van der Waals surface area contributed by atoms with Gasteiger partial charge in [0, 0.05) is 18.3 Å². The average molecular weight is 221 g/mol. The van der Waals surface area contributed by atoms with E-state index in [-0.39, 0.29) is 5.54 Å². The van der Waals surface area contributed by atoms with Crippen molar-refractivity contribution in [3.8, 4) is 0 Å². The third-order valence-corrected chi connectivity index (χ3v) is 3.33. The molecule has 1 N–H and O–H groups in total. The lowest BCUT2D eigenvalue weighted by atomic mass is 9.79. The van der Waals surface area contributed by atoms with Crippen LogP contribution in [0.3, 0.4) is 0 Å². The molecule has 0 aliphatic heterocycles. The maximum absolute atomic E-state index is 4.58. The van der Waals surface area contributed by atoms with Crippen LogP contribution in [-0.4, -0.2) is 15.1 Å². The molecule has 1 aliphatic rings. The van der Waals surface area contributed by atoms with Crippen molar-refractivity contribution in [3.05, 3.63) is 11.9 Å². The van der Waals surface area contributed by atoms with Crippen LogP contribution in [0.1, 0.15) is 45.7 Å². The van der Waals surface area contributed by atoms with Crippen LogP contribution in [0.15, 0.2) is 6.20 Å². The van der Waals surface area contributed by atoms with Gasteiger partial charge in [-0.1, -0.05) is 13.8 Å². The molecule has 1 saturated carbocycles. The Morgan fingerprint density at radius 1 is 1.50 bits per heavy atom. The van der Waals surface area contributed by atoms with E-state index in [4.69, 9.17) is 0 Å². The van der Waals surface area contributed by atoms with Crippen LogP contribution in [0.2, 0.25) is 0 Å². The fraction of sp³-hybridized carbons (Fsp3) is 0.769. The SMILES string of the molecule is Cc1cn(CC(C)C)c(NC2(C)CCC2)n1. The molecule has 16 heavy (non-hydrogen) atoms. The number of imidazole rings is 1. The molecule has 2 rings (SSSR count). The van der Waals surface area contributed by atoms with Gasteiger partial charge in [0.05, 0.1) is 5.69 Å². The molecule has 0 amide bonds. The Kier molecular flexibility index (Phi) is 2.96. The van der Waals surface area contributed by atoms with E-state index in [0.29, 0.717) is 5.92 Å². The molecule has 0 saturated heterocycles. The third kappa shape index (κ3) is 2.39. The molecule has 3 nitrogen and oxygen atoms in total. The summed E-state index contributed by atoms with van der Waals surface area (Å²) in [6, 6.07) is 0. The second-order valence-electron chi connectivity index (χ2n) is 5.79. The molecular formula is C13H23N3. The minimum absolute atomic E-state index is 0.284. The maximum Gasteiger partial charge on any atom is 0.203 e. The molecule has 0 spiro atoms. The minimum atomic E-state index is 0.284. The highest BCUT2D eigenvalue weighted by Crippen LogP contribution is 2.34. The summed E-state index contributed by atoms with van der Waals surface area (Å²) in [6.07, 6.45) is 6.01. The molecule has 0 aromatic carbocycles. The number of hydrogen-bond donors (Lipinski definition) is 1. The van der Waals surface area contributed by atoms with E-state index in [9.17, 15) is 0 Å². The summed E-state index contributed by atoms with van der Waals surface area (Å²) in [5, 5.41) is 3.60. The van der Waals surface area contributed by atoms with Crippen molar-refractivity contribution in [2.24, 2.45) is 5.92 Å². The van der Waals surface area contributed by atoms with Crippen LogP contribution in [0.4, 0.5) is 5.95 Å². The lowest BCUT2D eigenvalue weighted by molar-refractivity contribution is 0.303. The van der Waals surface area contributed by atoms with E-state index in [2.05, 4.69) is 48.8 Å². The third-order valence-electron chi connectivity index (χ3n) is 3.33. The van der Waals surface area contributed by atoms with Crippen molar-refractivity contribution in [1.82, 2.24) is 9.55 Å². The number of aromatic nitrogens is 2. The Labute approximate surface area is 98.3 Å². The van der Waals surface area contributed by atoms with Crippen molar-refractivity contribution in [1.29, 1.82) is 0 Å². The van der Waals surface area contributed by atoms with Crippen LogP contribution in [0.25, 0.3) is 0 Å². The zero-order valence-electron chi connectivity index (χ0n) is 10.9. The first-order valence-electron chi connectivity index (χ1n) is 6.30. The van der Waals surface area contributed by atoms with Crippen molar-refractivity contribution in [3.63, 3.8) is 0 Å². The summed E-state index contributed by atoms with van der Waals surface area (Å²) in [5.41, 5.74) is 1.39. The summed E-state index contributed by atoms with van der Waals surface area (Å²) < 4.78 is 2.25. The van der Waals surface area contributed by atoms with E-state index in [0.717, 1.165) is 18.2 Å². The first-order valence-corrected chi connectivity index (χ1v) is 6.30. The van der Waals surface area contributed by atoms with Crippen LogP contribution in [-0.2, 0) is 6.54 Å². The number of nitrogens with one attached hydrogen (secondary N) is 1. The predicted octanol–water partition coefficient (Wildman–Crippen LogP) is 3.20. The minimum Gasteiger partial charge on any atom is -0.350 e. The fourth-order valence-corrected chi connectivity index (χ4v) is 2.28. The van der Waals surface area contributed by atoms with Gasteiger partial charge in [-0.05, 0) is 39.0 Å². The monoisotopic (exact) mass is 221 g/mol. The molecule has 1 heterocycles. The van der Waals surface area contributed by atoms with Gasteiger partial charge in [0.1, 0.15) is 0 Å². The normalized spacial score (nSPS) is 18.6. The zero-order chi connectivity index (χ0) is 11.8. The molecule has 90 valence electrons. The van der Waals surface area contributed by atoms with Gasteiger partial charge in [-0.25, -0.2) is 4.98 Å². The Hall–Kier alpha value is -0.990.